The number of nitrogens with zero attached hydrogens (tertiary/aromatic N) is 6. The molecule has 0 radical (unpaired) electrons. The largest absolute Gasteiger partial charge is 0.496 e. The van der Waals surface area contributed by atoms with Crippen LogP contribution in [-0.4, -0.2) is 74.6 Å². The van der Waals surface area contributed by atoms with Gasteiger partial charge in [-0.15, -0.1) is 29.9 Å². The number of rotatable bonds is 7. The van der Waals surface area contributed by atoms with E-state index in [1.807, 2.05) is 36.4 Å². The first kappa shape index (κ1) is 32.4. The molecule has 2 aliphatic heterocycles. The highest BCUT2D eigenvalue weighted by Gasteiger charge is 2.45. The maximum absolute atomic E-state index is 13.5. The van der Waals surface area contributed by atoms with Gasteiger partial charge in [0.1, 0.15) is 5.75 Å². The summed E-state index contributed by atoms with van der Waals surface area (Å²) in [6, 6.07) is 25.1. The molecule has 2 fully saturated rings. The molecule has 0 amide bonds. The number of methoxy groups -OCH3 is 1. The van der Waals surface area contributed by atoms with Gasteiger partial charge in [0.05, 0.1) is 18.8 Å². The number of ether oxygens (including phenoxy) is 1. The molecule has 6 rings (SSSR count). The van der Waals surface area contributed by atoms with Gasteiger partial charge in [0, 0.05) is 50.1 Å². The Morgan fingerprint density at radius 2 is 1.60 bits per heavy atom. The van der Waals surface area contributed by atoms with E-state index in [1.165, 1.54) is 24.3 Å². The fourth-order valence-corrected chi connectivity index (χ4v) is 6.22. The molecule has 13 heteroatoms. The van der Waals surface area contributed by atoms with E-state index in [-0.39, 0.29) is 54.3 Å². The van der Waals surface area contributed by atoms with E-state index in [9.17, 15) is 18.0 Å². The maximum atomic E-state index is 13.5. The van der Waals surface area contributed by atoms with Gasteiger partial charge < -0.3 is 4.74 Å². The molecule has 228 valence electrons. The minimum Gasteiger partial charge on any atom is -0.496 e. The quantitative estimate of drug-likeness (QED) is 0.277. The third-order valence-corrected chi connectivity index (χ3v) is 8.02. The summed E-state index contributed by atoms with van der Waals surface area (Å²) in [5, 5.41) is 10.0. The first-order valence-corrected chi connectivity index (χ1v) is 13.5. The fourth-order valence-electron chi connectivity index (χ4n) is 6.22. The highest BCUT2D eigenvalue weighted by Crippen LogP contribution is 2.38. The second-order valence-corrected chi connectivity index (χ2v) is 10.4. The van der Waals surface area contributed by atoms with Crippen LogP contribution in [0.5, 0.6) is 5.75 Å². The van der Waals surface area contributed by atoms with Gasteiger partial charge in [0.15, 0.2) is 5.78 Å². The number of tetrazole rings is 1. The lowest BCUT2D eigenvalue weighted by Crippen LogP contribution is -2.59. The van der Waals surface area contributed by atoms with Crippen molar-refractivity contribution in [2.45, 2.75) is 37.1 Å². The van der Waals surface area contributed by atoms with E-state index >= 15 is 0 Å². The summed E-state index contributed by atoms with van der Waals surface area (Å²) in [6.45, 7) is 2.27. The monoisotopic (exact) mass is 634 g/mol. The number of ketones is 1. The number of carbonyl (C=O) groups is 1. The predicted molar refractivity (Wildman–Crippen MR) is 159 cm³/mol. The van der Waals surface area contributed by atoms with Gasteiger partial charge >= 0.3 is 6.18 Å². The zero-order valence-corrected chi connectivity index (χ0v) is 24.9. The molecule has 2 atom stereocenters. The van der Waals surface area contributed by atoms with Crippen molar-refractivity contribution in [3.8, 4) is 11.4 Å². The van der Waals surface area contributed by atoms with Crippen molar-refractivity contribution >= 4 is 30.6 Å². The van der Waals surface area contributed by atoms with Crippen LogP contribution in [0.4, 0.5) is 13.2 Å². The van der Waals surface area contributed by atoms with Gasteiger partial charge in [-0.05, 0) is 39.8 Å². The zero-order chi connectivity index (χ0) is 28.6. The van der Waals surface area contributed by atoms with Crippen LogP contribution < -0.4 is 4.74 Å². The van der Waals surface area contributed by atoms with E-state index < -0.39 is 12.0 Å². The molecule has 0 unspecified atom stereocenters. The van der Waals surface area contributed by atoms with Gasteiger partial charge in [-0.1, -0.05) is 60.7 Å². The van der Waals surface area contributed by atoms with Crippen LogP contribution in [0.15, 0.2) is 78.9 Å². The molecule has 4 aromatic rings. The van der Waals surface area contributed by atoms with Gasteiger partial charge in [-0.3, -0.25) is 14.6 Å². The highest BCUT2D eigenvalue weighted by atomic mass is 35.5. The predicted octanol–water partition coefficient (Wildman–Crippen LogP) is 5.19. The molecule has 43 heavy (non-hydrogen) atoms. The molecule has 0 spiro atoms. The lowest BCUT2D eigenvalue weighted by molar-refractivity contribution is -0.146. The first-order chi connectivity index (χ1) is 19.8. The average Bonchev–Trinajstić information content (AvgIpc) is 3.62. The Balaban J connectivity index is 0.00000212. The second kappa shape index (κ2) is 13.4. The third-order valence-electron chi connectivity index (χ3n) is 8.02. The van der Waals surface area contributed by atoms with E-state index in [0.29, 0.717) is 48.6 Å². The van der Waals surface area contributed by atoms with Crippen molar-refractivity contribution in [3.05, 3.63) is 101 Å². The number of alkyl halides is 3. The first-order valence-electron chi connectivity index (χ1n) is 13.5. The van der Waals surface area contributed by atoms with E-state index in [2.05, 4.69) is 49.6 Å². The summed E-state index contributed by atoms with van der Waals surface area (Å²) < 4.78 is 46.8. The third kappa shape index (κ3) is 6.54. The SMILES string of the molecule is COc1ccc(-n2nnnc2C(F)(F)F)cc1CN1C[C@@H]2C(=O)CCN2[C@H](C(c2ccccc2)c2ccccc2)C1.Cl.Cl. The number of fused-ring (bicyclic) bond motifs is 1. The Morgan fingerprint density at radius 1 is 0.953 bits per heavy atom. The Bertz CT molecular complexity index is 1480. The van der Waals surface area contributed by atoms with Crippen LogP contribution >= 0.6 is 24.8 Å². The molecule has 3 heterocycles. The molecule has 8 nitrogen and oxygen atoms in total. The fraction of sp³-hybridized carbons (Fsp3) is 0.333. The summed E-state index contributed by atoms with van der Waals surface area (Å²) in [4.78, 5) is 17.6. The topological polar surface area (TPSA) is 76.4 Å². The molecule has 0 bridgehead atoms. The summed E-state index contributed by atoms with van der Waals surface area (Å²) in [7, 11) is 1.53. The number of hydrogen-bond donors (Lipinski definition) is 0. The number of halogens is 5. The number of carbonyl (C=O) groups excluding carboxylic acids is 1. The normalized spacial score (nSPS) is 19.0. The van der Waals surface area contributed by atoms with Crippen LogP contribution in [-0.2, 0) is 17.5 Å². The Labute approximate surface area is 259 Å². The number of piperazine rings is 1. The minimum atomic E-state index is -4.71. The molecule has 3 aromatic carbocycles. The van der Waals surface area contributed by atoms with Crippen molar-refractivity contribution in [1.29, 1.82) is 0 Å². The maximum Gasteiger partial charge on any atom is 0.453 e. The zero-order valence-electron chi connectivity index (χ0n) is 23.2. The summed E-state index contributed by atoms with van der Waals surface area (Å²) in [5.41, 5.74) is 3.20. The van der Waals surface area contributed by atoms with Gasteiger partial charge in [-0.2, -0.15) is 17.9 Å². The lowest BCUT2D eigenvalue weighted by atomic mass is 9.82. The highest BCUT2D eigenvalue weighted by molar-refractivity contribution is 5.86. The second-order valence-electron chi connectivity index (χ2n) is 10.4. The number of benzene rings is 3. The summed E-state index contributed by atoms with van der Waals surface area (Å²) >= 11 is 0. The van der Waals surface area contributed by atoms with Crippen molar-refractivity contribution in [1.82, 2.24) is 30.0 Å². The van der Waals surface area contributed by atoms with Crippen LogP contribution in [0.1, 0.15) is 34.9 Å². The summed E-state index contributed by atoms with van der Waals surface area (Å²) in [6.07, 6.45) is -4.20. The average molecular weight is 636 g/mol. The van der Waals surface area contributed by atoms with Gasteiger partial charge in [0.2, 0.25) is 0 Å². The van der Waals surface area contributed by atoms with Crippen LogP contribution in [0.25, 0.3) is 5.69 Å². The lowest BCUT2D eigenvalue weighted by Gasteiger charge is -2.46. The number of Topliss-reactive ketones (excluding diaryl/α,β-unsaturated/α-hetero) is 1. The van der Waals surface area contributed by atoms with Crippen molar-refractivity contribution in [2.75, 3.05) is 26.7 Å². The molecule has 1 aromatic heterocycles. The number of aromatic nitrogens is 4. The molecule has 0 aliphatic carbocycles. The smallest absolute Gasteiger partial charge is 0.453 e. The Morgan fingerprint density at radius 3 is 2.21 bits per heavy atom. The van der Waals surface area contributed by atoms with Crippen LogP contribution in [0.3, 0.4) is 0 Å². The summed E-state index contributed by atoms with van der Waals surface area (Å²) in [5.74, 6) is -0.427. The molecular formula is C30H31Cl2F3N6O2. The standard InChI is InChI=1S/C30H29F3N6O2.2ClH/c1-41-27-13-12-23(39-29(30(31,32)33)34-35-36-39)16-22(27)17-37-18-24-26(40)14-15-38(24)25(19-37)28(20-8-4-2-5-9-20)21-10-6-3-7-11-21;;/h2-13,16,24-25,28H,14-15,17-19H2,1H3;2*1H/t24-,25+;;/m1../s1. The van der Waals surface area contributed by atoms with Gasteiger partial charge in [-0.25, -0.2) is 0 Å². The Kier molecular flexibility index (Phi) is 10.1. The molecule has 2 saturated heterocycles. The van der Waals surface area contributed by atoms with E-state index in [0.717, 1.165) is 0 Å². The van der Waals surface area contributed by atoms with Crippen molar-refractivity contribution < 1.29 is 22.7 Å². The Hall–Kier alpha value is -3.51. The van der Waals surface area contributed by atoms with Crippen molar-refractivity contribution in [3.63, 3.8) is 0 Å². The molecule has 0 saturated carbocycles. The molecular weight excluding hydrogens is 604 g/mol. The van der Waals surface area contributed by atoms with E-state index in [1.54, 1.807) is 12.1 Å². The minimum absolute atomic E-state index is 0. The molecule has 0 N–H and O–H groups in total. The van der Waals surface area contributed by atoms with Gasteiger partial charge in [0.25, 0.3) is 5.82 Å². The van der Waals surface area contributed by atoms with Crippen LogP contribution in [0.2, 0.25) is 0 Å². The number of hydrogen-bond acceptors (Lipinski definition) is 7. The van der Waals surface area contributed by atoms with Crippen LogP contribution in [0, 0.1) is 0 Å². The van der Waals surface area contributed by atoms with Crippen molar-refractivity contribution in [2.24, 2.45) is 0 Å². The van der Waals surface area contributed by atoms with E-state index in [4.69, 9.17) is 4.74 Å². The molecule has 2 aliphatic rings.